The van der Waals surface area contributed by atoms with E-state index in [1.54, 1.807) is 12.1 Å². The van der Waals surface area contributed by atoms with E-state index in [-0.39, 0.29) is 5.91 Å². The molecule has 0 saturated heterocycles. The molecule has 1 aliphatic heterocycles. The minimum atomic E-state index is -5.08. The number of carboxylic acids is 1. The summed E-state index contributed by atoms with van der Waals surface area (Å²) in [5, 5.41) is 14.6. The molecule has 8 nitrogen and oxygen atoms in total. The minimum absolute atomic E-state index is 0.135. The second-order valence-corrected chi connectivity index (χ2v) is 7.71. The largest absolute Gasteiger partial charge is 0.490 e. The van der Waals surface area contributed by atoms with E-state index in [4.69, 9.17) is 14.3 Å². The molecule has 0 bridgehead atoms. The second-order valence-electron chi connectivity index (χ2n) is 7.71. The Labute approximate surface area is 177 Å². The first-order valence-electron chi connectivity index (χ1n) is 10.1. The zero-order valence-corrected chi connectivity index (χ0v) is 16.8. The Kier molecular flexibility index (Phi) is 7.37. The molecule has 4 rings (SSSR count). The van der Waals surface area contributed by atoms with Crippen LogP contribution in [0.15, 0.2) is 35.1 Å². The molecule has 1 fully saturated rings. The molecule has 1 unspecified atom stereocenters. The third kappa shape index (κ3) is 6.33. The van der Waals surface area contributed by atoms with E-state index in [9.17, 15) is 18.0 Å². The van der Waals surface area contributed by atoms with Crippen molar-refractivity contribution in [3.63, 3.8) is 0 Å². The van der Waals surface area contributed by atoms with E-state index >= 15 is 0 Å². The quantitative estimate of drug-likeness (QED) is 0.739. The molecule has 11 heteroatoms. The molecule has 1 saturated carbocycles. The zero-order chi connectivity index (χ0) is 22.4. The highest BCUT2D eigenvalue weighted by Crippen LogP contribution is 2.29. The molecule has 0 radical (unpaired) electrons. The van der Waals surface area contributed by atoms with Gasteiger partial charge in [0.15, 0.2) is 5.76 Å². The van der Waals surface area contributed by atoms with Crippen LogP contribution in [0.1, 0.15) is 41.9 Å². The smallest absolute Gasteiger partial charge is 0.475 e. The van der Waals surface area contributed by atoms with Crippen molar-refractivity contribution in [1.29, 1.82) is 0 Å². The number of hydrogen-bond donors (Lipinski definition) is 2. The molecule has 31 heavy (non-hydrogen) atoms. The number of carboxylic acid groups (broad SMARTS) is 1. The lowest BCUT2D eigenvalue weighted by molar-refractivity contribution is -0.192. The standard InChI is InChI=1S/C18H24N4O2.C2HF3O2/c23-18(17-5-2-10-24-17)19-8-6-14-11-21(15-3-1-4-15)13-16-7-9-20-22(16)12-14;3-2(4,5)1(6)7/h2,5,7,9-10,14-15H,1,3-4,6,8,11-13H2,(H,19,23);(H,6,7). The van der Waals surface area contributed by atoms with E-state index in [0.29, 0.717) is 18.2 Å². The number of carbonyl (C=O) groups is 2. The van der Waals surface area contributed by atoms with E-state index in [1.807, 2.05) is 6.20 Å². The van der Waals surface area contributed by atoms with Crippen LogP contribution in [-0.2, 0) is 17.9 Å². The first-order valence-corrected chi connectivity index (χ1v) is 10.1. The van der Waals surface area contributed by atoms with Crippen molar-refractivity contribution < 1.29 is 32.3 Å². The summed E-state index contributed by atoms with van der Waals surface area (Å²) < 4.78 is 39.0. The van der Waals surface area contributed by atoms with Gasteiger partial charge >= 0.3 is 12.1 Å². The summed E-state index contributed by atoms with van der Waals surface area (Å²) >= 11 is 0. The topological polar surface area (TPSA) is 101 Å². The predicted molar refractivity (Wildman–Crippen MR) is 103 cm³/mol. The van der Waals surface area contributed by atoms with Gasteiger partial charge in [-0.15, -0.1) is 0 Å². The van der Waals surface area contributed by atoms with Gasteiger partial charge in [-0.3, -0.25) is 14.4 Å². The number of alkyl halides is 3. The first kappa shape index (κ1) is 22.9. The summed E-state index contributed by atoms with van der Waals surface area (Å²) in [6.07, 6.45) is 3.27. The van der Waals surface area contributed by atoms with Crippen LogP contribution in [0.2, 0.25) is 0 Å². The summed E-state index contributed by atoms with van der Waals surface area (Å²) in [4.78, 5) is 23.5. The maximum Gasteiger partial charge on any atom is 0.490 e. The number of amides is 1. The highest BCUT2D eigenvalue weighted by Gasteiger charge is 2.38. The van der Waals surface area contributed by atoms with E-state index in [1.165, 1.54) is 31.2 Å². The molecule has 1 atom stereocenters. The molecule has 0 spiro atoms. The van der Waals surface area contributed by atoms with Crippen LogP contribution >= 0.6 is 0 Å². The van der Waals surface area contributed by atoms with Gasteiger partial charge in [0.2, 0.25) is 0 Å². The number of rotatable bonds is 5. The molecule has 2 N–H and O–H groups in total. The van der Waals surface area contributed by atoms with Crippen molar-refractivity contribution >= 4 is 11.9 Å². The number of aromatic nitrogens is 2. The molecule has 2 aliphatic rings. The van der Waals surface area contributed by atoms with E-state index < -0.39 is 12.1 Å². The maximum absolute atomic E-state index is 12.0. The van der Waals surface area contributed by atoms with Crippen molar-refractivity contribution in [2.24, 2.45) is 5.92 Å². The number of hydrogen-bond acceptors (Lipinski definition) is 5. The molecule has 3 heterocycles. The van der Waals surface area contributed by atoms with Gasteiger partial charge in [0.05, 0.1) is 12.0 Å². The van der Waals surface area contributed by atoms with Crippen molar-refractivity contribution in [3.05, 3.63) is 42.1 Å². The molecular formula is C20H25F3N4O4. The predicted octanol–water partition coefficient (Wildman–Crippen LogP) is 2.91. The Balaban J connectivity index is 0.000000339. The number of furan rings is 1. The fraction of sp³-hybridized carbons (Fsp3) is 0.550. The number of carbonyl (C=O) groups excluding carboxylic acids is 1. The molecule has 1 aliphatic carbocycles. The van der Waals surface area contributed by atoms with Crippen molar-refractivity contribution in [2.45, 2.75) is 51.0 Å². The number of fused-ring (bicyclic) bond motifs is 1. The SMILES string of the molecule is O=C(NCCC1CN(C2CCC2)Cc2ccnn2C1)c1ccco1.O=C(O)C(F)(F)F. The highest BCUT2D eigenvalue weighted by atomic mass is 19.4. The van der Waals surface area contributed by atoms with Gasteiger partial charge in [-0.05, 0) is 43.4 Å². The Bertz CT molecular complexity index is 862. The van der Waals surface area contributed by atoms with Crippen LogP contribution < -0.4 is 5.32 Å². The number of nitrogens with zero attached hydrogens (tertiary/aromatic N) is 3. The van der Waals surface area contributed by atoms with Gasteiger partial charge in [-0.2, -0.15) is 18.3 Å². The molecular weight excluding hydrogens is 417 g/mol. The molecule has 2 aromatic rings. The third-order valence-corrected chi connectivity index (χ3v) is 5.51. The van der Waals surface area contributed by atoms with Gasteiger partial charge in [0.25, 0.3) is 5.91 Å². The summed E-state index contributed by atoms with van der Waals surface area (Å²) in [6.45, 7) is 3.69. The first-order chi connectivity index (χ1) is 14.7. The zero-order valence-electron chi connectivity index (χ0n) is 16.8. The summed E-state index contributed by atoms with van der Waals surface area (Å²) in [5.41, 5.74) is 1.31. The van der Waals surface area contributed by atoms with Crippen molar-refractivity contribution in [3.8, 4) is 0 Å². The summed E-state index contributed by atoms with van der Waals surface area (Å²) in [7, 11) is 0. The van der Waals surface area contributed by atoms with Crippen LogP contribution in [0.25, 0.3) is 0 Å². The minimum Gasteiger partial charge on any atom is -0.475 e. The number of nitrogens with one attached hydrogen (secondary N) is 1. The molecule has 1 amide bonds. The van der Waals surface area contributed by atoms with Crippen LogP contribution in [0.5, 0.6) is 0 Å². The van der Waals surface area contributed by atoms with Gasteiger partial charge in [0, 0.05) is 38.4 Å². The highest BCUT2D eigenvalue weighted by molar-refractivity contribution is 5.91. The van der Waals surface area contributed by atoms with Crippen molar-refractivity contribution in [1.82, 2.24) is 20.0 Å². The van der Waals surface area contributed by atoms with Crippen LogP contribution in [-0.4, -0.2) is 57.0 Å². The number of halogens is 3. The fourth-order valence-corrected chi connectivity index (χ4v) is 3.66. The Morgan fingerprint density at radius 1 is 1.26 bits per heavy atom. The van der Waals surface area contributed by atoms with Crippen LogP contribution in [0.4, 0.5) is 13.2 Å². The average Bonchev–Trinajstić information content (AvgIpc) is 3.30. The normalized spacial score (nSPS) is 19.4. The van der Waals surface area contributed by atoms with Gasteiger partial charge in [0.1, 0.15) is 0 Å². The Morgan fingerprint density at radius 2 is 2.00 bits per heavy atom. The summed E-state index contributed by atoms with van der Waals surface area (Å²) in [6, 6.07) is 6.28. The average molecular weight is 442 g/mol. The van der Waals surface area contributed by atoms with Crippen LogP contribution in [0.3, 0.4) is 0 Å². The monoisotopic (exact) mass is 442 g/mol. The van der Waals surface area contributed by atoms with Gasteiger partial charge < -0.3 is 14.8 Å². The molecule has 170 valence electrons. The molecule has 2 aromatic heterocycles. The second kappa shape index (κ2) is 9.99. The lowest BCUT2D eigenvalue weighted by Gasteiger charge is -2.38. The Hall–Kier alpha value is -2.82. The molecule has 0 aromatic carbocycles. The van der Waals surface area contributed by atoms with E-state index in [0.717, 1.165) is 32.1 Å². The lowest BCUT2D eigenvalue weighted by atomic mass is 9.90. The van der Waals surface area contributed by atoms with Gasteiger partial charge in [-0.1, -0.05) is 6.42 Å². The lowest BCUT2D eigenvalue weighted by Crippen LogP contribution is -2.42. The number of aliphatic carboxylic acids is 1. The maximum atomic E-state index is 12.0. The summed E-state index contributed by atoms with van der Waals surface area (Å²) in [5.74, 6) is -2.01. The third-order valence-electron chi connectivity index (χ3n) is 5.51. The van der Waals surface area contributed by atoms with Gasteiger partial charge in [-0.25, -0.2) is 4.79 Å². The Morgan fingerprint density at radius 3 is 2.58 bits per heavy atom. The van der Waals surface area contributed by atoms with Crippen LogP contribution in [0, 0.1) is 5.92 Å². The fourth-order valence-electron chi connectivity index (χ4n) is 3.66. The van der Waals surface area contributed by atoms with E-state index in [2.05, 4.69) is 26.1 Å². The van der Waals surface area contributed by atoms with Crippen molar-refractivity contribution in [2.75, 3.05) is 13.1 Å².